The van der Waals surface area contributed by atoms with E-state index in [1.807, 2.05) is 0 Å². The number of hydrogen-bond acceptors (Lipinski definition) is 4. The van der Waals surface area contributed by atoms with Gasteiger partial charge in [0.2, 0.25) is 0 Å². The Bertz CT molecular complexity index is 536. The minimum Gasteiger partial charge on any atom is -0.495 e. The molecular weight excluding hydrogens is 252 g/mol. The van der Waals surface area contributed by atoms with Crippen molar-refractivity contribution in [3.8, 4) is 11.5 Å². The highest BCUT2D eigenvalue weighted by Crippen LogP contribution is 2.41. The molecule has 0 fully saturated rings. The van der Waals surface area contributed by atoms with Gasteiger partial charge in [-0.15, -0.1) is 0 Å². The molecule has 2 rings (SSSR count). The molecule has 0 aromatic heterocycles. The fraction of sp³-hybridized carbons (Fsp3) is 0.400. The van der Waals surface area contributed by atoms with E-state index in [-0.39, 0.29) is 4.90 Å². The topological polar surface area (TPSA) is 52.6 Å². The van der Waals surface area contributed by atoms with Crippen LogP contribution in [0.1, 0.15) is 11.1 Å². The minimum atomic E-state index is -3.80. The summed E-state index contributed by atoms with van der Waals surface area (Å²) >= 11 is 0. The number of hydrogen-bond donors (Lipinski definition) is 0. The molecule has 1 aliphatic rings. The third kappa shape index (κ3) is 1.74. The Balaban J connectivity index is 2.78. The van der Waals surface area contributed by atoms with Crippen LogP contribution in [0.3, 0.4) is 0 Å². The highest BCUT2D eigenvalue weighted by atomic mass is 35.7. The van der Waals surface area contributed by atoms with Gasteiger partial charge in [0.05, 0.1) is 13.7 Å². The van der Waals surface area contributed by atoms with Gasteiger partial charge in [-0.1, -0.05) is 0 Å². The van der Waals surface area contributed by atoms with Crippen molar-refractivity contribution >= 4 is 19.7 Å². The predicted octanol–water partition coefficient (Wildman–Crippen LogP) is 1.87. The van der Waals surface area contributed by atoms with Crippen LogP contribution in [0.25, 0.3) is 0 Å². The highest BCUT2D eigenvalue weighted by molar-refractivity contribution is 8.13. The number of methoxy groups -OCH3 is 1. The molecule has 0 aliphatic carbocycles. The van der Waals surface area contributed by atoms with Crippen LogP contribution >= 0.6 is 10.7 Å². The summed E-state index contributed by atoms with van der Waals surface area (Å²) in [5, 5.41) is 0. The summed E-state index contributed by atoms with van der Waals surface area (Å²) in [6.45, 7) is 2.33. The van der Waals surface area contributed by atoms with Gasteiger partial charge in [-0.05, 0) is 18.6 Å². The monoisotopic (exact) mass is 262 g/mol. The van der Waals surface area contributed by atoms with Crippen LogP contribution in [0.5, 0.6) is 11.5 Å². The van der Waals surface area contributed by atoms with Gasteiger partial charge in [0.25, 0.3) is 9.05 Å². The standard InChI is InChI=1S/C10H11ClO4S/c1-6-5-8(16(11,12)13)10(14-2)7-3-4-15-9(6)7/h5H,3-4H2,1-2H3. The van der Waals surface area contributed by atoms with Crippen molar-refractivity contribution in [1.82, 2.24) is 0 Å². The Morgan fingerprint density at radius 1 is 1.50 bits per heavy atom. The summed E-state index contributed by atoms with van der Waals surface area (Å²) in [6.07, 6.45) is 0.638. The molecule has 0 bridgehead atoms. The quantitative estimate of drug-likeness (QED) is 0.764. The van der Waals surface area contributed by atoms with Crippen LogP contribution < -0.4 is 9.47 Å². The molecule has 0 unspecified atom stereocenters. The van der Waals surface area contributed by atoms with Crippen molar-refractivity contribution in [3.05, 3.63) is 17.2 Å². The average Bonchev–Trinajstić information content (AvgIpc) is 2.65. The van der Waals surface area contributed by atoms with Crippen molar-refractivity contribution in [1.29, 1.82) is 0 Å². The number of rotatable bonds is 2. The maximum atomic E-state index is 11.4. The minimum absolute atomic E-state index is 0.0124. The van der Waals surface area contributed by atoms with E-state index in [1.165, 1.54) is 13.2 Å². The lowest BCUT2D eigenvalue weighted by Crippen LogP contribution is -2.00. The van der Waals surface area contributed by atoms with Gasteiger partial charge in [-0.2, -0.15) is 0 Å². The Morgan fingerprint density at radius 2 is 2.19 bits per heavy atom. The number of fused-ring (bicyclic) bond motifs is 1. The molecule has 6 heteroatoms. The zero-order valence-corrected chi connectivity index (χ0v) is 10.5. The van der Waals surface area contributed by atoms with Crippen LogP contribution in [-0.4, -0.2) is 22.1 Å². The second kappa shape index (κ2) is 3.82. The summed E-state index contributed by atoms with van der Waals surface area (Å²) in [7, 11) is 2.99. The van der Waals surface area contributed by atoms with Gasteiger partial charge in [-0.25, -0.2) is 8.42 Å². The van der Waals surface area contributed by atoms with Gasteiger partial charge in [0, 0.05) is 22.7 Å². The third-order valence-electron chi connectivity index (χ3n) is 2.54. The maximum Gasteiger partial charge on any atom is 0.265 e. The van der Waals surface area contributed by atoms with E-state index < -0.39 is 9.05 Å². The molecule has 1 heterocycles. The highest BCUT2D eigenvalue weighted by Gasteiger charge is 2.27. The van der Waals surface area contributed by atoms with Gasteiger partial charge in [0.15, 0.2) is 0 Å². The Hall–Kier alpha value is -0.940. The molecule has 0 radical (unpaired) electrons. The number of benzene rings is 1. The van der Waals surface area contributed by atoms with Gasteiger partial charge in [0.1, 0.15) is 16.4 Å². The van der Waals surface area contributed by atoms with Crippen LogP contribution in [0.15, 0.2) is 11.0 Å². The normalized spacial score (nSPS) is 14.4. The Kier molecular flexibility index (Phi) is 2.75. The van der Waals surface area contributed by atoms with E-state index in [0.29, 0.717) is 24.5 Å². The molecule has 0 saturated heterocycles. The summed E-state index contributed by atoms with van der Waals surface area (Å²) in [6, 6.07) is 1.48. The second-order valence-corrected chi connectivity index (χ2v) is 6.10. The van der Waals surface area contributed by atoms with E-state index in [1.54, 1.807) is 6.92 Å². The zero-order chi connectivity index (χ0) is 11.9. The van der Waals surface area contributed by atoms with Crippen LogP contribution in [0.2, 0.25) is 0 Å². The molecule has 88 valence electrons. The fourth-order valence-corrected chi connectivity index (χ4v) is 3.00. The molecular formula is C10H11ClO4S. The first kappa shape index (κ1) is 11.5. The van der Waals surface area contributed by atoms with E-state index in [9.17, 15) is 8.42 Å². The fourth-order valence-electron chi connectivity index (χ4n) is 1.91. The summed E-state index contributed by atoms with van der Waals surface area (Å²) in [4.78, 5) is 0.0124. The summed E-state index contributed by atoms with van der Waals surface area (Å²) in [5.41, 5.74) is 1.54. The number of aryl methyl sites for hydroxylation is 1. The van der Waals surface area contributed by atoms with E-state index >= 15 is 0 Å². The van der Waals surface area contributed by atoms with Crippen LogP contribution in [0.4, 0.5) is 0 Å². The first-order valence-electron chi connectivity index (χ1n) is 4.73. The van der Waals surface area contributed by atoms with E-state index in [0.717, 1.165) is 11.1 Å². The molecule has 0 saturated carbocycles. The molecule has 1 aromatic rings. The number of halogens is 1. The molecule has 16 heavy (non-hydrogen) atoms. The molecule has 4 nitrogen and oxygen atoms in total. The lowest BCUT2D eigenvalue weighted by Gasteiger charge is -2.12. The van der Waals surface area contributed by atoms with Crippen LogP contribution in [0, 0.1) is 6.92 Å². The van der Waals surface area contributed by atoms with Crippen molar-refractivity contribution in [2.24, 2.45) is 0 Å². The zero-order valence-electron chi connectivity index (χ0n) is 8.91. The van der Waals surface area contributed by atoms with E-state index in [2.05, 4.69) is 0 Å². The largest absolute Gasteiger partial charge is 0.495 e. The smallest absolute Gasteiger partial charge is 0.265 e. The SMILES string of the molecule is COc1c(S(=O)(=O)Cl)cc(C)c2c1CCO2. The molecule has 0 atom stereocenters. The third-order valence-corrected chi connectivity index (χ3v) is 3.87. The van der Waals surface area contributed by atoms with Crippen molar-refractivity contribution in [2.45, 2.75) is 18.2 Å². The molecule has 1 aliphatic heterocycles. The van der Waals surface area contributed by atoms with E-state index in [4.69, 9.17) is 20.2 Å². The maximum absolute atomic E-state index is 11.4. The molecule has 0 amide bonds. The average molecular weight is 263 g/mol. The lowest BCUT2D eigenvalue weighted by molar-refractivity contribution is 0.354. The van der Waals surface area contributed by atoms with Gasteiger partial charge in [-0.3, -0.25) is 0 Å². The second-order valence-electron chi connectivity index (χ2n) is 3.57. The number of ether oxygens (including phenoxy) is 2. The molecule has 0 N–H and O–H groups in total. The summed E-state index contributed by atoms with van der Waals surface area (Å²) in [5.74, 6) is 1.01. The lowest BCUT2D eigenvalue weighted by atomic mass is 10.1. The van der Waals surface area contributed by atoms with Gasteiger partial charge < -0.3 is 9.47 Å². The van der Waals surface area contributed by atoms with Crippen molar-refractivity contribution < 1.29 is 17.9 Å². The Labute approximate surface area is 98.5 Å². The van der Waals surface area contributed by atoms with Crippen molar-refractivity contribution in [2.75, 3.05) is 13.7 Å². The molecule has 0 spiro atoms. The van der Waals surface area contributed by atoms with Crippen molar-refractivity contribution in [3.63, 3.8) is 0 Å². The van der Waals surface area contributed by atoms with Gasteiger partial charge >= 0.3 is 0 Å². The predicted molar refractivity (Wildman–Crippen MR) is 60.0 cm³/mol. The van der Waals surface area contributed by atoms with Crippen LogP contribution in [-0.2, 0) is 15.5 Å². The first-order chi connectivity index (χ1) is 7.45. The Morgan fingerprint density at radius 3 is 2.75 bits per heavy atom. The molecule has 1 aromatic carbocycles. The summed E-state index contributed by atoms with van der Waals surface area (Å²) < 4.78 is 33.4. The first-order valence-corrected chi connectivity index (χ1v) is 7.04.